The lowest BCUT2D eigenvalue weighted by atomic mass is 10.2. The Morgan fingerprint density at radius 1 is 0.562 bits per heavy atom. The predicted molar refractivity (Wildman–Crippen MR) is 118 cm³/mol. The van der Waals surface area contributed by atoms with Gasteiger partial charge in [-0.1, -0.05) is 36.4 Å². The van der Waals surface area contributed by atoms with Crippen molar-refractivity contribution >= 4 is 41.7 Å². The summed E-state index contributed by atoms with van der Waals surface area (Å²) in [6, 6.07) is 15.9. The molecule has 0 saturated carbocycles. The van der Waals surface area contributed by atoms with Gasteiger partial charge in [0.15, 0.2) is 10.1 Å². The summed E-state index contributed by atoms with van der Waals surface area (Å²) in [5.41, 5.74) is -1.02. The summed E-state index contributed by atoms with van der Waals surface area (Å²) in [7, 11) is -9.87. The van der Waals surface area contributed by atoms with Crippen molar-refractivity contribution in [3.8, 4) is 11.5 Å². The van der Waals surface area contributed by atoms with Crippen molar-refractivity contribution in [3.05, 3.63) is 83.9 Å². The van der Waals surface area contributed by atoms with Crippen LogP contribution >= 0.6 is 0 Å². The number of aromatic hydroxyl groups is 2. The zero-order valence-corrected chi connectivity index (χ0v) is 17.7. The third kappa shape index (κ3) is 5.18. The Balaban J connectivity index is 2.29. The van der Waals surface area contributed by atoms with Crippen LogP contribution in [0.5, 0.6) is 11.5 Å². The van der Waals surface area contributed by atoms with Crippen molar-refractivity contribution < 1.29 is 36.2 Å². The molecule has 0 atom stereocenters. The summed E-state index contributed by atoms with van der Waals surface area (Å²) in [5, 5.41) is 18.2. The van der Waals surface area contributed by atoms with Crippen LogP contribution in [0.25, 0.3) is 0 Å². The molecule has 0 aliphatic heterocycles. The minimum atomic E-state index is -4.94. The molecular weight excluding hydrogens is 460 g/mol. The molecule has 0 amide bonds. The third-order valence-corrected chi connectivity index (χ3v) is 5.68. The molecule has 4 N–H and O–H groups in total. The first-order valence-corrected chi connectivity index (χ1v) is 11.6. The molecule has 32 heavy (non-hydrogen) atoms. The normalized spacial score (nSPS) is 13.2. The molecule has 3 aromatic rings. The fourth-order valence-electron chi connectivity index (χ4n) is 2.69. The van der Waals surface area contributed by atoms with E-state index in [1.54, 1.807) is 0 Å². The van der Waals surface area contributed by atoms with Gasteiger partial charge in [0.25, 0.3) is 0 Å². The predicted octanol–water partition coefficient (Wildman–Crippen LogP) is 3.03. The molecule has 166 valence electrons. The highest BCUT2D eigenvalue weighted by Gasteiger charge is 2.24. The van der Waals surface area contributed by atoms with E-state index in [1.165, 1.54) is 72.8 Å². The van der Waals surface area contributed by atoms with Gasteiger partial charge in [-0.05, 0) is 36.4 Å². The van der Waals surface area contributed by atoms with E-state index in [1.807, 2.05) is 0 Å². The highest BCUT2D eigenvalue weighted by atomic mass is 32.2. The van der Waals surface area contributed by atoms with Crippen LogP contribution in [0.2, 0.25) is 0 Å². The second kappa shape index (κ2) is 8.88. The number of hydrogen-bond donors (Lipinski definition) is 4. The first-order chi connectivity index (χ1) is 15.0. The molecule has 0 saturated heterocycles. The molecule has 3 aromatic carbocycles. The number of phenols is 2. The number of rotatable bonds is 4. The van der Waals surface area contributed by atoms with Gasteiger partial charge in [0, 0.05) is 0 Å². The Bertz CT molecular complexity index is 1340. The number of benzene rings is 3. The van der Waals surface area contributed by atoms with E-state index >= 15 is 0 Å². The molecular formula is C20H16N2O8S2. The highest BCUT2D eigenvalue weighted by Crippen LogP contribution is 2.32. The average Bonchev–Trinajstić information content (AvgIpc) is 2.71. The summed E-state index contributed by atoms with van der Waals surface area (Å²) in [6.07, 6.45) is 0. The van der Waals surface area contributed by atoms with Gasteiger partial charge in [0.1, 0.15) is 11.5 Å². The summed E-state index contributed by atoms with van der Waals surface area (Å²) < 4.78 is 67.1. The van der Waals surface area contributed by atoms with Crippen molar-refractivity contribution in [3.63, 3.8) is 0 Å². The fraction of sp³-hybridized carbons (Fsp3) is 0. The maximum Gasteiger partial charge on any atom is 0.312 e. The van der Waals surface area contributed by atoms with E-state index in [0.717, 1.165) is 0 Å². The standard InChI is InChI=1S/C20H16N2O8S2/c23-17-11-5-1-7-13(17)19(31(25,26)27)21-15-9-3-4-10-16(15)22-20(32(28,29)30)14-8-2-6-12-18(14)24/h1-12,23-24H,(H,25,26,27)(H,28,29,30). The smallest absolute Gasteiger partial charge is 0.312 e. The fourth-order valence-corrected chi connectivity index (χ4v) is 4.02. The van der Waals surface area contributed by atoms with Crippen LogP contribution in [0.15, 0.2) is 82.8 Å². The lowest BCUT2D eigenvalue weighted by Gasteiger charge is -2.09. The van der Waals surface area contributed by atoms with Crippen LogP contribution in [0, 0.1) is 0 Å². The Hall–Kier alpha value is -3.58. The summed E-state index contributed by atoms with van der Waals surface area (Å²) in [6.45, 7) is 0. The zero-order chi connectivity index (χ0) is 23.5. The average molecular weight is 476 g/mol. The molecule has 10 nitrogen and oxygen atoms in total. The van der Waals surface area contributed by atoms with Crippen molar-refractivity contribution in [1.29, 1.82) is 0 Å². The van der Waals surface area contributed by atoms with Crippen molar-refractivity contribution in [2.24, 2.45) is 9.98 Å². The summed E-state index contributed by atoms with van der Waals surface area (Å²) >= 11 is 0. The monoisotopic (exact) mass is 476 g/mol. The van der Waals surface area contributed by atoms with Crippen LogP contribution in [0.4, 0.5) is 11.4 Å². The van der Waals surface area contributed by atoms with E-state index in [2.05, 4.69) is 9.98 Å². The third-order valence-electron chi connectivity index (χ3n) is 4.08. The minimum absolute atomic E-state index is 0.208. The van der Waals surface area contributed by atoms with Gasteiger partial charge in [-0.15, -0.1) is 0 Å². The van der Waals surface area contributed by atoms with Crippen LogP contribution in [0.1, 0.15) is 11.1 Å². The Labute approximate surface area is 183 Å². The Kier molecular flexibility index (Phi) is 6.41. The van der Waals surface area contributed by atoms with E-state index in [9.17, 15) is 36.2 Å². The summed E-state index contributed by atoms with van der Waals surface area (Å²) in [4.78, 5) is 7.77. The molecule has 0 heterocycles. The summed E-state index contributed by atoms with van der Waals surface area (Å²) in [5.74, 6) is -0.949. The number of para-hydroxylation sites is 4. The molecule has 0 spiro atoms. The Morgan fingerprint density at radius 2 is 0.875 bits per heavy atom. The highest BCUT2D eigenvalue weighted by molar-refractivity contribution is 8.02. The van der Waals surface area contributed by atoms with Crippen LogP contribution in [-0.4, -0.2) is 46.2 Å². The van der Waals surface area contributed by atoms with Crippen LogP contribution in [-0.2, 0) is 20.2 Å². The first-order valence-electron chi connectivity index (χ1n) is 8.76. The van der Waals surface area contributed by atoms with Crippen LogP contribution < -0.4 is 0 Å². The van der Waals surface area contributed by atoms with Crippen LogP contribution in [0.3, 0.4) is 0 Å². The first kappa shape index (κ1) is 23.1. The SMILES string of the molecule is O=S(=O)(O)C(=Nc1ccccc1N=C(c1ccccc1O)S(=O)(=O)O)c1ccccc1O. The maximum absolute atomic E-state index is 12.0. The van der Waals surface area contributed by atoms with Gasteiger partial charge >= 0.3 is 20.2 Å². The minimum Gasteiger partial charge on any atom is -0.507 e. The zero-order valence-electron chi connectivity index (χ0n) is 16.1. The molecule has 0 bridgehead atoms. The van der Waals surface area contributed by atoms with Crippen molar-refractivity contribution in [2.45, 2.75) is 0 Å². The van der Waals surface area contributed by atoms with E-state index in [4.69, 9.17) is 0 Å². The molecule has 3 rings (SSSR count). The molecule has 12 heteroatoms. The van der Waals surface area contributed by atoms with E-state index in [-0.39, 0.29) is 22.5 Å². The van der Waals surface area contributed by atoms with E-state index in [0.29, 0.717) is 0 Å². The van der Waals surface area contributed by atoms with Gasteiger partial charge < -0.3 is 10.2 Å². The second-order valence-electron chi connectivity index (χ2n) is 6.31. The second-order valence-corrected chi connectivity index (χ2v) is 8.98. The number of aliphatic imine (C=N–C) groups is 2. The number of hydrogen-bond acceptors (Lipinski definition) is 8. The van der Waals surface area contributed by atoms with Crippen molar-refractivity contribution in [1.82, 2.24) is 0 Å². The molecule has 0 radical (unpaired) electrons. The van der Waals surface area contributed by atoms with Gasteiger partial charge in [-0.3, -0.25) is 9.11 Å². The molecule has 0 aliphatic rings. The number of phenolic OH excluding ortho intramolecular Hbond substituents is 2. The van der Waals surface area contributed by atoms with Gasteiger partial charge in [-0.2, -0.15) is 16.8 Å². The topological polar surface area (TPSA) is 174 Å². The lowest BCUT2D eigenvalue weighted by Crippen LogP contribution is -2.15. The Morgan fingerprint density at radius 3 is 1.19 bits per heavy atom. The lowest BCUT2D eigenvalue weighted by molar-refractivity contribution is 0.472. The molecule has 0 fully saturated rings. The van der Waals surface area contributed by atoms with Gasteiger partial charge in [-0.25, -0.2) is 9.98 Å². The van der Waals surface area contributed by atoms with Gasteiger partial charge in [0.05, 0.1) is 22.5 Å². The largest absolute Gasteiger partial charge is 0.507 e. The van der Waals surface area contributed by atoms with Crippen molar-refractivity contribution in [2.75, 3.05) is 0 Å². The number of nitrogens with zero attached hydrogens (tertiary/aromatic N) is 2. The maximum atomic E-state index is 12.0. The molecule has 0 aliphatic carbocycles. The van der Waals surface area contributed by atoms with E-state index < -0.39 is 41.8 Å². The molecule has 0 aromatic heterocycles. The van der Waals surface area contributed by atoms with Gasteiger partial charge in [0.2, 0.25) is 0 Å². The quantitative estimate of drug-likeness (QED) is 0.252. The molecule has 0 unspecified atom stereocenters.